The first-order valence-electron chi connectivity index (χ1n) is 4.84. The highest BCUT2D eigenvalue weighted by Crippen LogP contribution is 1.81. The van der Waals surface area contributed by atoms with E-state index < -0.39 is 0 Å². The Labute approximate surface area is 86.4 Å². The third-order valence-corrected chi connectivity index (χ3v) is 1.26. The van der Waals surface area contributed by atoms with Crippen LogP contribution in [0.1, 0.15) is 26.7 Å². The molecule has 0 saturated carbocycles. The predicted molar refractivity (Wildman–Crippen MR) is 59.3 cm³/mol. The smallest absolute Gasteiger partial charge is 0.0463 e. The van der Waals surface area contributed by atoms with E-state index in [1.54, 1.807) is 12.4 Å². The van der Waals surface area contributed by atoms with E-state index in [2.05, 4.69) is 18.8 Å². The summed E-state index contributed by atoms with van der Waals surface area (Å²) in [7, 11) is 0. The van der Waals surface area contributed by atoms with Gasteiger partial charge in [0.25, 0.3) is 0 Å². The number of ether oxygens (including phenoxy) is 1. The number of pyridine rings is 1. The minimum Gasteiger partial charge on any atom is -0.412 e. The van der Waals surface area contributed by atoms with Crippen LogP contribution >= 0.6 is 0 Å². The van der Waals surface area contributed by atoms with Gasteiger partial charge in [-0.05, 0) is 25.0 Å². The van der Waals surface area contributed by atoms with E-state index in [0.29, 0.717) is 0 Å². The SMILES string of the molecule is CCCOCCC.O.c1ccncc1. The highest BCUT2D eigenvalue weighted by molar-refractivity contribution is 4.88. The number of hydrogen-bond donors (Lipinski definition) is 0. The molecular weight excluding hydrogens is 178 g/mol. The Balaban J connectivity index is 0. The third-order valence-electron chi connectivity index (χ3n) is 1.26. The zero-order chi connectivity index (χ0) is 9.78. The maximum absolute atomic E-state index is 5.13. The molecule has 1 heterocycles. The van der Waals surface area contributed by atoms with Gasteiger partial charge in [-0.15, -0.1) is 0 Å². The molecule has 0 radical (unpaired) electrons. The Morgan fingerprint density at radius 3 is 1.64 bits per heavy atom. The van der Waals surface area contributed by atoms with Gasteiger partial charge in [0.1, 0.15) is 0 Å². The fourth-order valence-electron chi connectivity index (χ4n) is 0.703. The van der Waals surface area contributed by atoms with Gasteiger partial charge in [-0.25, -0.2) is 0 Å². The van der Waals surface area contributed by atoms with E-state index in [-0.39, 0.29) is 5.48 Å². The van der Waals surface area contributed by atoms with Crippen LogP contribution in [0.25, 0.3) is 0 Å². The molecule has 0 fully saturated rings. The van der Waals surface area contributed by atoms with Crippen molar-refractivity contribution in [2.24, 2.45) is 0 Å². The van der Waals surface area contributed by atoms with Gasteiger partial charge in [-0.3, -0.25) is 4.98 Å². The van der Waals surface area contributed by atoms with Crippen molar-refractivity contribution in [1.29, 1.82) is 0 Å². The average Bonchev–Trinajstić information content (AvgIpc) is 2.22. The van der Waals surface area contributed by atoms with E-state index in [1.807, 2.05) is 18.2 Å². The first-order valence-corrected chi connectivity index (χ1v) is 4.84. The van der Waals surface area contributed by atoms with Crippen LogP contribution in [-0.4, -0.2) is 23.7 Å². The molecule has 3 nitrogen and oxygen atoms in total. The second-order valence-corrected chi connectivity index (χ2v) is 2.64. The molecule has 2 N–H and O–H groups in total. The topological polar surface area (TPSA) is 53.6 Å². The molecule has 1 aromatic heterocycles. The first-order chi connectivity index (χ1) is 6.41. The van der Waals surface area contributed by atoms with Crippen LogP contribution in [0.3, 0.4) is 0 Å². The van der Waals surface area contributed by atoms with Crippen molar-refractivity contribution in [3.05, 3.63) is 30.6 Å². The molecule has 0 unspecified atom stereocenters. The van der Waals surface area contributed by atoms with Gasteiger partial charge < -0.3 is 10.2 Å². The number of aromatic nitrogens is 1. The van der Waals surface area contributed by atoms with Crippen LogP contribution < -0.4 is 0 Å². The molecule has 14 heavy (non-hydrogen) atoms. The molecule has 1 aromatic rings. The van der Waals surface area contributed by atoms with E-state index in [0.717, 1.165) is 26.1 Å². The molecule has 0 aliphatic rings. The Kier molecular flexibility index (Phi) is 16.2. The summed E-state index contributed by atoms with van der Waals surface area (Å²) in [5.74, 6) is 0. The third kappa shape index (κ3) is 13.6. The lowest BCUT2D eigenvalue weighted by molar-refractivity contribution is 0.135. The van der Waals surface area contributed by atoms with Crippen molar-refractivity contribution in [3.63, 3.8) is 0 Å². The Hall–Kier alpha value is -0.930. The summed E-state index contributed by atoms with van der Waals surface area (Å²) in [5, 5.41) is 0. The van der Waals surface area contributed by atoms with Crippen molar-refractivity contribution in [3.8, 4) is 0 Å². The number of nitrogens with zero attached hydrogens (tertiary/aromatic N) is 1. The highest BCUT2D eigenvalue weighted by Gasteiger charge is 1.77. The molecule has 0 amide bonds. The normalized spacial score (nSPS) is 8.14. The minimum atomic E-state index is 0. The van der Waals surface area contributed by atoms with Gasteiger partial charge in [0.2, 0.25) is 0 Å². The zero-order valence-electron chi connectivity index (χ0n) is 9.07. The van der Waals surface area contributed by atoms with Gasteiger partial charge in [-0.2, -0.15) is 0 Å². The standard InChI is InChI=1S/C6H14O.C5H5N.H2O/c1-3-5-7-6-4-2;1-2-4-6-5-3-1;/h3-6H2,1-2H3;1-5H;1H2. The second kappa shape index (κ2) is 14.6. The Morgan fingerprint density at radius 2 is 1.43 bits per heavy atom. The maximum Gasteiger partial charge on any atom is 0.0463 e. The monoisotopic (exact) mass is 199 g/mol. The summed E-state index contributed by atoms with van der Waals surface area (Å²) >= 11 is 0. The van der Waals surface area contributed by atoms with Crippen LogP contribution in [0.5, 0.6) is 0 Å². The average molecular weight is 199 g/mol. The van der Waals surface area contributed by atoms with Crippen molar-refractivity contribution in [2.45, 2.75) is 26.7 Å². The lowest BCUT2D eigenvalue weighted by Crippen LogP contribution is -1.92. The van der Waals surface area contributed by atoms with Gasteiger partial charge in [-0.1, -0.05) is 19.9 Å². The van der Waals surface area contributed by atoms with E-state index in [4.69, 9.17) is 4.74 Å². The largest absolute Gasteiger partial charge is 0.412 e. The Morgan fingerprint density at radius 1 is 0.929 bits per heavy atom. The van der Waals surface area contributed by atoms with Crippen LogP contribution in [0.4, 0.5) is 0 Å². The summed E-state index contributed by atoms with van der Waals surface area (Å²) in [6, 6.07) is 5.72. The Bertz CT molecular complexity index is 137. The van der Waals surface area contributed by atoms with Crippen LogP contribution in [0.2, 0.25) is 0 Å². The van der Waals surface area contributed by atoms with Crippen molar-refractivity contribution >= 4 is 0 Å². The summed E-state index contributed by atoms with van der Waals surface area (Å²) in [6.45, 7) is 6.09. The lowest BCUT2D eigenvalue weighted by atomic mass is 10.5. The second-order valence-electron chi connectivity index (χ2n) is 2.64. The van der Waals surface area contributed by atoms with Gasteiger partial charge in [0.05, 0.1) is 0 Å². The minimum absolute atomic E-state index is 0. The lowest BCUT2D eigenvalue weighted by Gasteiger charge is -1.95. The molecule has 0 aromatic carbocycles. The van der Waals surface area contributed by atoms with E-state index >= 15 is 0 Å². The van der Waals surface area contributed by atoms with Gasteiger partial charge in [0.15, 0.2) is 0 Å². The molecule has 1 rings (SSSR count). The molecule has 0 saturated heterocycles. The fraction of sp³-hybridized carbons (Fsp3) is 0.545. The molecule has 0 spiro atoms. The van der Waals surface area contributed by atoms with Gasteiger partial charge >= 0.3 is 0 Å². The van der Waals surface area contributed by atoms with Crippen LogP contribution in [0, 0.1) is 0 Å². The van der Waals surface area contributed by atoms with Crippen LogP contribution in [0.15, 0.2) is 30.6 Å². The highest BCUT2D eigenvalue weighted by atomic mass is 16.5. The summed E-state index contributed by atoms with van der Waals surface area (Å²) < 4.78 is 5.13. The van der Waals surface area contributed by atoms with Crippen LogP contribution in [-0.2, 0) is 4.74 Å². The number of rotatable bonds is 4. The fourth-order valence-corrected chi connectivity index (χ4v) is 0.703. The van der Waals surface area contributed by atoms with Gasteiger partial charge in [0, 0.05) is 25.6 Å². The molecule has 0 aliphatic heterocycles. The summed E-state index contributed by atoms with van der Waals surface area (Å²) in [4.78, 5) is 3.78. The molecule has 0 aliphatic carbocycles. The van der Waals surface area contributed by atoms with Crippen molar-refractivity contribution in [2.75, 3.05) is 13.2 Å². The molecule has 3 heteroatoms. The maximum atomic E-state index is 5.13. The summed E-state index contributed by atoms with van der Waals surface area (Å²) in [6.07, 6.45) is 5.78. The molecule has 0 bridgehead atoms. The molecular formula is C11H21NO2. The first kappa shape index (κ1) is 15.5. The van der Waals surface area contributed by atoms with E-state index in [1.165, 1.54) is 0 Å². The number of hydrogen-bond acceptors (Lipinski definition) is 2. The van der Waals surface area contributed by atoms with E-state index in [9.17, 15) is 0 Å². The van der Waals surface area contributed by atoms with Crippen molar-refractivity contribution < 1.29 is 10.2 Å². The predicted octanol–water partition coefficient (Wildman–Crippen LogP) is 2.08. The zero-order valence-corrected chi connectivity index (χ0v) is 9.07. The summed E-state index contributed by atoms with van der Waals surface area (Å²) in [5.41, 5.74) is 0. The van der Waals surface area contributed by atoms with Crippen molar-refractivity contribution in [1.82, 2.24) is 4.98 Å². The molecule has 0 atom stereocenters. The molecule has 82 valence electrons. The quantitative estimate of drug-likeness (QED) is 0.697.